The Kier molecular flexibility index (Phi) is 11.6. The van der Waals surface area contributed by atoms with Crippen LogP contribution >= 0.6 is 11.6 Å². The highest BCUT2D eigenvalue weighted by Gasteiger charge is 2.35. The molecule has 0 heterocycles. The number of nitrogens with zero attached hydrogens (tertiary/aromatic N) is 1. The van der Waals surface area contributed by atoms with Crippen molar-refractivity contribution in [1.82, 2.24) is 4.90 Å². The Hall–Kier alpha value is -3.74. The molecule has 46 heavy (non-hydrogen) atoms. The lowest BCUT2D eigenvalue weighted by Crippen LogP contribution is -2.31. The first-order chi connectivity index (χ1) is 21.7. The van der Waals surface area contributed by atoms with Crippen LogP contribution in [-0.2, 0) is 22.7 Å². The van der Waals surface area contributed by atoms with E-state index in [4.69, 9.17) is 16.3 Å². The summed E-state index contributed by atoms with van der Waals surface area (Å²) in [5.41, 5.74) is 1.36. The summed E-state index contributed by atoms with van der Waals surface area (Å²) >= 11 is 6.26. The highest BCUT2D eigenvalue weighted by Crippen LogP contribution is 2.37. The van der Waals surface area contributed by atoms with Gasteiger partial charge in [0, 0.05) is 31.6 Å². The SMILES string of the molecule is O=S(=O)(CC(F)(F)F)Nc1cccc(OCCCN(Cc2cccc(C(F)(F)F)c2Cl)CC(c2ccccc2)c2ccccc2)c1. The van der Waals surface area contributed by atoms with Gasteiger partial charge in [0.1, 0.15) is 5.75 Å². The Bertz CT molecular complexity index is 1630. The first kappa shape index (κ1) is 35.1. The van der Waals surface area contributed by atoms with Crippen molar-refractivity contribution in [2.45, 2.75) is 31.2 Å². The summed E-state index contributed by atoms with van der Waals surface area (Å²) < 4.78 is 110. The second-order valence-electron chi connectivity index (χ2n) is 10.6. The molecule has 5 nitrogen and oxygen atoms in total. The predicted octanol–water partition coefficient (Wildman–Crippen LogP) is 8.77. The fraction of sp³-hybridized carbons (Fsp3) is 0.273. The van der Waals surface area contributed by atoms with E-state index in [9.17, 15) is 34.8 Å². The number of anilines is 1. The zero-order valence-electron chi connectivity index (χ0n) is 24.4. The summed E-state index contributed by atoms with van der Waals surface area (Å²) in [6.45, 7) is 1.08. The molecule has 0 aliphatic carbocycles. The van der Waals surface area contributed by atoms with Crippen LogP contribution in [0.1, 0.15) is 34.6 Å². The van der Waals surface area contributed by atoms with E-state index >= 15 is 0 Å². The maximum absolute atomic E-state index is 13.6. The van der Waals surface area contributed by atoms with Gasteiger partial charge in [0.05, 0.1) is 22.9 Å². The van der Waals surface area contributed by atoms with Crippen LogP contribution in [0.4, 0.5) is 32.0 Å². The zero-order valence-corrected chi connectivity index (χ0v) is 25.9. The minimum absolute atomic E-state index is 0.0869. The quantitative estimate of drug-likeness (QED) is 0.107. The molecule has 4 rings (SSSR count). The van der Waals surface area contributed by atoms with E-state index in [2.05, 4.69) is 0 Å². The van der Waals surface area contributed by atoms with Crippen molar-refractivity contribution >= 4 is 27.3 Å². The zero-order chi connectivity index (χ0) is 33.4. The molecular weight excluding hydrogens is 654 g/mol. The third kappa shape index (κ3) is 10.7. The molecule has 13 heteroatoms. The maximum Gasteiger partial charge on any atom is 0.417 e. The smallest absolute Gasteiger partial charge is 0.417 e. The Morgan fingerprint density at radius 1 is 0.804 bits per heavy atom. The van der Waals surface area contributed by atoms with Gasteiger partial charge in [-0.15, -0.1) is 0 Å². The monoisotopic (exact) mass is 684 g/mol. The van der Waals surface area contributed by atoms with Crippen LogP contribution < -0.4 is 9.46 Å². The third-order valence-corrected chi connectivity index (χ3v) is 8.67. The van der Waals surface area contributed by atoms with Crippen LogP contribution in [0.5, 0.6) is 5.75 Å². The van der Waals surface area contributed by atoms with Gasteiger partial charge in [-0.3, -0.25) is 9.62 Å². The van der Waals surface area contributed by atoms with E-state index < -0.39 is 33.7 Å². The summed E-state index contributed by atoms with van der Waals surface area (Å²) in [5.74, 6) is -1.91. The van der Waals surface area contributed by atoms with Crippen molar-refractivity contribution in [3.05, 3.63) is 130 Å². The largest absolute Gasteiger partial charge is 0.493 e. The van der Waals surface area contributed by atoms with Gasteiger partial charge in [-0.2, -0.15) is 26.3 Å². The predicted molar refractivity (Wildman–Crippen MR) is 166 cm³/mol. The van der Waals surface area contributed by atoms with E-state index in [1.54, 1.807) is 6.07 Å². The number of ether oxygens (including phenoxy) is 1. The molecule has 0 aliphatic rings. The molecule has 0 amide bonds. The Labute approximate surface area is 268 Å². The van der Waals surface area contributed by atoms with Gasteiger partial charge >= 0.3 is 12.4 Å². The highest BCUT2D eigenvalue weighted by atomic mass is 35.5. The van der Waals surface area contributed by atoms with Gasteiger partial charge in [0.2, 0.25) is 10.0 Å². The Morgan fingerprint density at radius 3 is 2.00 bits per heavy atom. The molecule has 0 aromatic heterocycles. The van der Waals surface area contributed by atoms with Gasteiger partial charge < -0.3 is 4.74 Å². The first-order valence-corrected chi connectivity index (χ1v) is 16.2. The molecule has 0 spiro atoms. The number of hydrogen-bond donors (Lipinski definition) is 1. The second-order valence-corrected chi connectivity index (χ2v) is 12.7. The van der Waals surface area contributed by atoms with Crippen molar-refractivity contribution in [2.24, 2.45) is 0 Å². The minimum atomic E-state index is -4.90. The number of nitrogens with one attached hydrogen (secondary N) is 1. The van der Waals surface area contributed by atoms with Crippen molar-refractivity contribution in [1.29, 1.82) is 0 Å². The van der Waals surface area contributed by atoms with Gasteiger partial charge in [0.25, 0.3) is 0 Å². The number of sulfonamides is 1. The van der Waals surface area contributed by atoms with Crippen molar-refractivity contribution < 1.29 is 39.5 Å². The van der Waals surface area contributed by atoms with Crippen LogP contribution in [0, 0.1) is 0 Å². The summed E-state index contributed by atoms with van der Waals surface area (Å²) in [6.07, 6.45) is -9.10. The topological polar surface area (TPSA) is 58.6 Å². The van der Waals surface area contributed by atoms with E-state index in [0.29, 0.717) is 25.1 Å². The number of hydrogen-bond acceptors (Lipinski definition) is 4. The van der Waals surface area contributed by atoms with Crippen molar-refractivity contribution in [3.63, 3.8) is 0 Å². The molecule has 0 bridgehead atoms. The lowest BCUT2D eigenvalue weighted by molar-refractivity contribution is -0.137. The summed E-state index contributed by atoms with van der Waals surface area (Å²) in [4.78, 5) is 2.00. The average Bonchev–Trinajstić information content (AvgIpc) is 2.98. The maximum atomic E-state index is 13.6. The van der Waals surface area contributed by atoms with Gasteiger partial charge in [-0.05, 0) is 41.3 Å². The lowest BCUT2D eigenvalue weighted by atomic mass is 9.90. The van der Waals surface area contributed by atoms with Crippen LogP contribution in [-0.4, -0.2) is 44.9 Å². The van der Waals surface area contributed by atoms with Crippen LogP contribution in [0.3, 0.4) is 0 Å². The molecule has 4 aromatic carbocycles. The van der Waals surface area contributed by atoms with Crippen LogP contribution in [0.25, 0.3) is 0 Å². The molecular formula is C33H31ClF6N2O3S. The lowest BCUT2D eigenvalue weighted by Gasteiger charge is -2.29. The molecule has 0 unspecified atom stereocenters. The minimum Gasteiger partial charge on any atom is -0.493 e. The second kappa shape index (κ2) is 15.2. The average molecular weight is 685 g/mol. The number of rotatable bonds is 14. The van der Waals surface area contributed by atoms with Gasteiger partial charge in [-0.1, -0.05) is 90.5 Å². The van der Waals surface area contributed by atoms with E-state index in [0.717, 1.165) is 17.2 Å². The molecule has 246 valence electrons. The molecule has 0 saturated carbocycles. The van der Waals surface area contributed by atoms with E-state index in [-0.39, 0.29) is 35.5 Å². The molecule has 0 saturated heterocycles. The summed E-state index contributed by atoms with van der Waals surface area (Å²) in [6, 6.07) is 28.8. The van der Waals surface area contributed by atoms with Crippen LogP contribution in [0.15, 0.2) is 103 Å². The fourth-order valence-corrected chi connectivity index (χ4v) is 6.27. The summed E-state index contributed by atoms with van der Waals surface area (Å²) in [5, 5.41) is -0.364. The normalized spacial score (nSPS) is 12.5. The standard InChI is InChI=1S/C33H31ClF6N2O3S/c34-31-26(14-7-17-30(31)33(38,39)40)21-42(22-29(24-10-3-1-4-11-24)25-12-5-2-6-13-25)18-9-19-45-28-16-8-15-27(20-28)41-46(43,44)23-32(35,36)37/h1-8,10-17,20,29,41H,9,18-19,21-23H2. The van der Waals surface area contributed by atoms with E-state index in [1.807, 2.05) is 70.3 Å². The molecule has 0 fully saturated rings. The number of alkyl halides is 6. The Morgan fingerprint density at radius 2 is 1.41 bits per heavy atom. The number of halogens is 7. The molecule has 4 aromatic rings. The fourth-order valence-electron chi connectivity index (χ4n) is 4.99. The van der Waals surface area contributed by atoms with Gasteiger partial charge in [-0.25, -0.2) is 8.42 Å². The third-order valence-electron chi connectivity index (χ3n) is 6.97. The van der Waals surface area contributed by atoms with Crippen molar-refractivity contribution in [3.8, 4) is 5.75 Å². The highest BCUT2D eigenvalue weighted by molar-refractivity contribution is 7.92. The molecule has 0 aliphatic heterocycles. The van der Waals surface area contributed by atoms with Crippen LogP contribution in [0.2, 0.25) is 5.02 Å². The molecule has 0 atom stereocenters. The molecule has 1 N–H and O–H groups in total. The summed E-state index contributed by atoms with van der Waals surface area (Å²) in [7, 11) is -4.67. The first-order valence-electron chi connectivity index (χ1n) is 14.2. The number of benzene rings is 4. The van der Waals surface area contributed by atoms with Crippen molar-refractivity contribution in [2.75, 3.05) is 30.2 Å². The Balaban J connectivity index is 1.51. The van der Waals surface area contributed by atoms with Gasteiger partial charge in [0.15, 0.2) is 5.75 Å². The molecule has 0 radical (unpaired) electrons. The van der Waals surface area contributed by atoms with E-state index in [1.165, 1.54) is 30.3 Å².